The number of nitrogens with zero attached hydrogens (tertiary/aromatic N) is 1. The van der Waals surface area contributed by atoms with E-state index in [9.17, 15) is 28.8 Å². The quantitative estimate of drug-likeness (QED) is 0.210. The van der Waals surface area contributed by atoms with Gasteiger partial charge in [-0.15, -0.1) is 0 Å². The van der Waals surface area contributed by atoms with Gasteiger partial charge < -0.3 is 31.3 Å². The molecule has 2 saturated carbocycles. The highest BCUT2D eigenvalue weighted by molar-refractivity contribution is 6.38. The van der Waals surface area contributed by atoms with Crippen molar-refractivity contribution in [2.75, 3.05) is 6.54 Å². The number of piperidine rings is 1. The Morgan fingerprint density at radius 2 is 1.44 bits per heavy atom. The SMILES string of the molecule is CC(C)[C@H](NC(=O)N[C@H](C(=O)N1C[C@H]2[C@@H]([C@H]1C(=O)NC(C(=O)C(N)=O)C1CC1)C2(C)C)C(C)C)C(=O)OC(C)(C)C. The van der Waals surface area contributed by atoms with Gasteiger partial charge in [-0.3, -0.25) is 19.2 Å². The summed E-state index contributed by atoms with van der Waals surface area (Å²) < 4.78 is 5.45. The van der Waals surface area contributed by atoms with Crippen molar-refractivity contribution in [3.63, 3.8) is 0 Å². The van der Waals surface area contributed by atoms with Crippen LogP contribution >= 0.6 is 0 Å². The summed E-state index contributed by atoms with van der Waals surface area (Å²) in [5, 5.41) is 8.09. The second-order valence-corrected chi connectivity index (χ2v) is 14.0. The van der Waals surface area contributed by atoms with Crippen molar-refractivity contribution in [1.29, 1.82) is 0 Å². The van der Waals surface area contributed by atoms with Gasteiger partial charge in [-0.25, -0.2) is 9.59 Å². The number of nitrogens with two attached hydrogens (primary N) is 1. The minimum atomic E-state index is -1.10. The topological polar surface area (TPSA) is 177 Å². The third-order valence-electron chi connectivity index (χ3n) is 8.51. The molecular formula is C29H47N5O7. The van der Waals surface area contributed by atoms with Gasteiger partial charge >= 0.3 is 12.0 Å². The molecule has 0 radical (unpaired) electrons. The number of rotatable bonds is 11. The Morgan fingerprint density at radius 3 is 1.90 bits per heavy atom. The van der Waals surface area contributed by atoms with Crippen LogP contribution in [-0.2, 0) is 28.7 Å². The van der Waals surface area contributed by atoms with Crippen LogP contribution in [0, 0.1) is 35.0 Å². The number of likely N-dealkylation sites (tertiary alicyclic amines) is 1. The van der Waals surface area contributed by atoms with E-state index in [0.29, 0.717) is 19.4 Å². The molecule has 5 amide bonds. The van der Waals surface area contributed by atoms with E-state index in [1.165, 1.54) is 4.90 Å². The van der Waals surface area contributed by atoms with Crippen LogP contribution in [0.3, 0.4) is 0 Å². The van der Waals surface area contributed by atoms with Crippen LogP contribution in [0.25, 0.3) is 0 Å². The van der Waals surface area contributed by atoms with E-state index in [1.807, 2.05) is 13.8 Å². The van der Waals surface area contributed by atoms with Crippen molar-refractivity contribution in [1.82, 2.24) is 20.9 Å². The number of urea groups is 1. The molecular weight excluding hydrogens is 530 g/mol. The number of hydrogen-bond donors (Lipinski definition) is 4. The monoisotopic (exact) mass is 577 g/mol. The molecule has 1 unspecified atom stereocenters. The van der Waals surface area contributed by atoms with Crippen LogP contribution in [0.15, 0.2) is 0 Å². The molecule has 6 atom stereocenters. The van der Waals surface area contributed by atoms with Crippen molar-refractivity contribution in [3.8, 4) is 0 Å². The normalized spacial score (nSPS) is 25.0. The van der Waals surface area contributed by atoms with E-state index in [2.05, 4.69) is 16.0 Å². The lowest BCUT2D eigenvalue weighted by molar-refractivity contribution is -0.158. The first-order chi connectivity index (χ1) is 18.8. The number of nitrogens with one attached hydrogen (secondary N) is 3. The molecule has 1 aliphatic heterocycles. The van der Waals surface area contributed by atoms with E-state index in [4.69, 9.17) is 10.5 Å². The lowest BCUT2D eigenvalue weighted by atomic mass is 9.96. The molecule has 0 spiro atoms. The van der Waals surface area contributed by atoms with Crippen LogP contribution in [0.1, 0.15) is 75.2 Å². The van der Waals surface area contributed by atoms with E-state index in [-0.39, 0.29) is 35.0 Å². The number of carbonyl (C=O) groups is 6. The smallest absolute Gasteiger partial charge is 0.329 e. The molecule has 0 aromatic rings. The summed E-state index contributed by atoms with van der Waals surface area (Å²) in [6.07, 6.45) is 1.40. The summed E-state index contributed by atoms with van der Waals surface area (Å²) in [4.78, 5) is 78.8. The number of hydrogen-bond acceptors (Lipinski definition) is 7. The summed E-state index contributed by atoms with van der Waals surface area (Å²) in [6.45, 7) is 16.7. The van der Waals surface area contributed by atoms with E-state index in [1.54, 1.807) is 48.5 Å². The van der Waals surface area contributed by atoms with Gasteiger partial charge in [0.05, 0.1) is 0 Å². The zero-order chi connectivity index (χ0) is 31.2. The highest BCUT2D eigenvalue weighted by Crippen LogP contribution is 2.65. The summed E-state index contributed by atoms with van der Waals surface area (Å²) in [5.74, 6) is -4.27. The Morgan fingerprint density at radius 1 is 0.902 bits per heavy atom. The zero-order valence-corrected chi connectivity index (χ0v) is 25.7. The van der Waals surface area contributed by atoms with Crippen LogP contribution in [0.5, 0.6) is 0 Å². The highest BCUT2D eigenvalue weighted by Gasteiger charge is 2.69. The van der Waals surface area contributed by atoms with Gasteiger partial charge in [0, 0.05) is 6.54 Å². The second kappa shape index (κ2) is 11.6. The third kappa shape index (κ3) is 7.19. The molecule has 0 bridgehead atoms. The molecule has 3 fully saturated rings. The molecule has 0 aromatic carbocycles. The maximum Gasteiger partial charge on any atom is 0.329 e. The molecule has 2 aliphatic carbocycles. The number of fused-ring (bicyclic) bond motifs is 1. The lowest BCUT2D eigenvalue weighted by Crippen LogP contribution is -2.61. The lowest BCUT2D eigenvalue weighted by Gasteiger charge is -2.35. The van der Waals surface area contributed by atoms with Gasteiger partial charge in [-0.2, -0.15) is 0 Å². The molecule has 41 heavy (non-hydrogen) atoms. The summed E-state index contributed by atoms with van der Waals surface area (Å²) in [7, 11) is 0. The summed E-state index contributed by atoms with van der Waals surface area (Å²) >= 11 is 0. The van der Waals surface area contributed by atoms with Gasteiger partial charge in [-0.05, 0) is 68.6 Å². The average Bonchev–Trinajstić information content (AvgIpc) is 3.70. The third-order valence-corrected chi connectivity index (χ3v) is 8.51. The van der Waals surface area contributed by atoms with Crippen molar-refractivity contribution in [2.45, 2.75) is 105 Å². The molecule has 1 saturated heterocycles. The number of esters is 1. The standard InChI is InChI=1S/C29H47N5O7/c1-13(2)18(32-27(40)33-19(14(3)4)26(39)41-28(5,6)7)25(38)34-12-16-17(29(16,8)9)21(34)24(37)31-20(15-10-11-15)22(35)23(30)36/h13-21H,10-12H2,1-9H3,(H2,30,36)(H,31,37)(H2,32,33,40)/t16-,17-,18-,19-,20?,21-/m0/s1. The number of Topliss-reactive ketones (excluding diaryl/α,β-unsaturated/α-hetero) is 1. The Hall–Kier alpha value is -3.18. The van der Waals surface area contributed by atoms with E-state index < -0.39 is 65.3 Å². The Balaban J connectivity index is 1.77. The van der Waals surface area contributed by atoms with E-state index >= 15 is 0 Å². The van der Waals surface area contributed by atoms with Gasteiger partial charge in [0.2, 0.25) is 17.6 Å². The van der Waals surface area contributed by atoms with Gasteiger partial charge in [-0.1, -0.05) is 41.5 Å². The Bertz CT molecular complexity index is 1090. The molecule has 1 heterocycles. The summed E-state index contributed by atoms with van der Waals surface area (Å²) in [5.41, 5.74) is 4.31. The second-order valence-electron chi connectivity index (χ2n) is 14.0. The van der Waals surface area contributed by atoms with Crippen LogP contribution in [0.2, 0.25) is 0 Å². The van der Waals surface area contributed by atoms with Crippen molar-refractivity contribution >= 4 is 35.5 Å². The van der Waals surface area contributed by atoms with Crippen molar-refractivity contribution < 1.29 is 33.5 Å². The summed E-state index contributed by atoms with van der Waals surface area (Å²) in [6, 6.07) is -4.49. The maximum absolute atomic E-state index is 13.9. The molecule has 5 N–H and O–H groups in total. The maximum atomic E-state index is 13.9. The first-order valence-electron chi connectivity index (χ1n) is 14.5. The molecule has 230 valence electrons. The molecule has 0 aromatic heterocycles. The van der Waals surface area contributed by atoms with Crippen LogP contribution in [-0.4, -0.2) is 76.7 Å². The fourth-order valence-corrected chi connectivity index (χ4v) is 5.91. The largest absolute Gasteiger partial charge is 0.458 e. The average molecular weight is 578 g/mol. The first-order valence-corrected chi connectivity index (χ1v) is 14.5. The van der Waals surface area contributed by atoms with Crippen molar-refractivity contribution in [3.05, 3.63) is 0 Å². The Labute approximate surface area is 242 Å². The highest BCUT2D eigenvalue weighted by atomic mass is 16.6. The van der Waals surface area contributed by atoms with Gasteiger partial charge in [0.15, 0.2) is 0 Å². The number of ether oxygens (including phenoxy) is 1. The minimum Gasteiger partial charge on any atom is -0.458 e. The Kier molecular flexibility index (Phi) is 9.15. The van der Waals surface area contributed by atoms with Crippen molar-refractivity contribution in [2.24, 2.45) is 40.7 Å². The number of amides is 5. The minimum absolute atomic E-state index is 0.0764. The molecule has 3 rings (SSSR count). The molecule has 3 aliphatic rings. The predicted octanol–water partition coefficient (Wildman–Crippen LogP) is 1.11. The number of carbonyl (C=O) groups excluding carboxylic acids is 6. The first kappa shape index (κ1) is 32.3. The van der Waals surface area contributed by atoms with Crippen LogP contribution < -0.4 is 21.7 Å². The predicted molar refractivity (Wildman–Crippen MR) is 150 cm³/mol. The zero-order valence-electron chi connectivity index (χ0n) is 25.7. The van der Waals surface area contributed by atoms with Gasteiger partial charge in [0.25, 0.3) is 5.91 Å². The fraction of sp³-hybridized carbons (Fsp3) is 0.793. The number of ketones is 1. The van der Waals surface area contributed by atoms with Gasteiger partial charge in [0.1, 0.15) is 29.8 Å². The fourth-order valence-electron chi connectivity index (χ4n) is 5.91. The van der Waals surface area contributed by atoms with E-state index in [0.717, 1.165) is 0 Å². The number of primary amides is 1. The molecule has 12 nitrogen and oxygen atoms in total. The molecule has 12 heteroatoms. The van der Waals surface area contributed by atoms with Crippen LogP contribution in [0.4, 0.5) is 4.79 Å².